The molecule has 6 heteroatoms. The first-order valence-electron chi connectivity index (χ1n) is 6.43. The molecule has 0 aliphatic rings. The van der Waals surface area contributed by atoms with Crippen molar-refractivity contribution in [2.24, 2.45) is 0 Å². The van der Waals surface area contributed by atoms with Crippen molar-refractivity contribution in [1.29, 1.82) is 0 Å². The normalized spacial score (nSPS) is 10.9. The Morgan fingerprint density at radius 2 is 2.00 bits per heavy atom. The summed E-state index contributed by atoms with van der Waals surface area (Å²) >= 11 is 1.29. The average Bonchev–Trinajstić information content (AvgIpc) is 2.40. The van der Waals surface area contributed by atoms with Crippen LogP contribution in [-0.4, -0.2) is 21.0 Å². The molecular formula is C15H15FN2O2S. The lowest BCUT2D eigenvalue weighted by molar-refractivity contribution is 0.0691. The van der Waals surface area contributed by atoms with Crippen molar-refractivity contribution in [3.8, 4) is 0 Å². The second-order valence-corrected chi connectivity index (χ2v) is 6.00. The number of carboxylic acid groups (broad SMARTS) is 1. The molecular weight excluding hydrogens is 291 g/mol. The molecule has 0 atom stereocenters. The van der Waals surface area contributed by atoms with Crippen molar-refractivity contribution < 1.29 is 14.3 Å². The van der Waals surface area contributed by atoms with E-state index in [2.05, 4.69) is 9.97 Å². The van der Waals surface area contributed by atoms with Gasteiger partial charge < -0.3 is 5.11 Å². The van der Waals surface area contributed by atoms with Crippen LogP contribution >= 0.6 is 11.8 Å². The van der Waals surface area contributed by atoms with Crippen molar-refractivity contribution in [2.45, 2.75) is 36.6 Å². The maximum atomic E-state index is 13.4. The van der Waals surface area contributed by atoms with Crippen molar-refractivity contribution in [1.82, 2.24) is 9.97 Å². The molecule has 110 valence electrons. The minimum Gasteiger partial charge on any atom is -0.478 e. The van der Waals surface area contributed by atoms with Crippen LogP contribution in [0.2, 0.25) is 0 Å². The van der Waals surface area contributed by atoms with E-state index < -0.39 is 11.8 Å². The Bertz CT molecular complexity index is 689. The number of hydrogen-bond donors (Lipinski definition) is 1. The minimum absolute atomic E-state index is 0.201. The molecule has 0 spiro atoms. The van der Waals surface area contributed by atoms with Gasteiger partial charge in [-0.25, -0.2) is 19.2 Å². The molecule has 0 radical (unpaired) electrons. The van der Waals surface area contributed by atoms with E-state index in [1.165, 1.54) is 17.8 Å². The van der Waals surface area contributed by atoms with Crippen LogP contribution in [0.1, 0.15) is 41.6 Å². The lowest BCUT2D eigenvalue weighted by Crippen LogP contribution is -2.01. The molecule has 4 nitrogen and oxygen atoms in total. The summed E-state index contributed by atoms with van der Waals surface area (Å²) in [5, 5.41) is 9.66. The molecule has 0 saturated heterocycles. The lowest BCUT2D eigenvalue weighted by Gasteiger charge is -2.08. The van der Waals surface area contributed by atoms with Gasteiger partial charge in [0.25, 0.3) is 0 Å². The Hall–Kier alpha value is -1.95. The second-order valence-electron chi connectivity index (χ2n) is 4.91. The highest BCUT2D eigenvalue weighted by molar-refractivity contribution is 7.99. The number of aryl methyl sites for hydroxylation is 1. The van der Waals surface area contributed by atoms with Crippen LogP contribution in [0.15, 0.2) is 34.2 Å². The van der Waals surface area contributed by atoms with Crippen LogP contribution in [0, 0.1) is 12.7 Å². The van der Waals surface area contributed by atoms with E-state index in [9.17, 15) is 9.18 Å². The fourth-order valence-corrected chi connectivity index (χ4v) is 2.65. The standard InChI is InChI=1S/C15H15FN2O2S/c1-8(2)14-17-9(3)6-13(18-14)21-10-4-5-12(16)11(7-10)15(19)20/h4-8H,1-3H3,(H,19,20). The third-order valence-corrected chi connectivity index (χ3v) is 3.66. The molecule has 21 heavy (non-hydrogen) atoms. The van der Waals surface area contributed by atoms with E-state index in [0.29, 0.717) is 9.92 Å². The summed E-state index contributed by atoms with van der Waals surface area (Å²) in [6, 6.07) is 5.83. The van der Waals surface area contributed by atoms with Crippen molar-refractivity contribution in [3.63, 3.8) is 0 Å². The first-order chi connectivity index (χ1) is 9.86. The van der Waals surface area contributed by atoms with Gasteiger partial charge in [-0.05, 0) is 31.2 Å². The van der Waals surface area contributed by atoms with Crippen LogP contribution in [-0.2, 0) is 0 Å². The summed E-state index contributed by atoms with van der Waals surface area (Å²) in [6.07, 6.45) is 0. The maximum absolute atomic E-state index is 13.4. The van der Waals surface area contributed by atoms with Gasteiger partial charge in [0.1, 0.15) is 16.7 Å². The van der Waals surface area contributed by atoms with Gasteiger partial charge in [-0.15, -0.1) is 0 Å². The summed E-state index contributed by atoms with van der Waals surface area (Å²) in [6.45, 7) is 5.89. The molecule has 2 rings (SSSR count). The van der Waals surface area contributed by atoms with E-state index in [-0.39, 0.29) is 11.5 Å². The van der Waals surface area contributed by atoms with Crippen molar-refractivity contribution >= 4 is 17.7 Å². The third-order valence-electron chi connectivity index (χ3n) is 2.76. The molecule has 0 aliphatic carbocycles. The van der Waals surface area contributed by atoms with Gasteiger partial charge in [0.15, 0.2) is 0 Å². The van der Waals surface area contributed by atoms with Crippen LogP contribution < -0.4 is 0 Å². The number of halogens is 1. The highest BCUT2D eigenvalue weighted by Gasteiger charge is 2.13. The van der Waals surface area contributed by atoms with E-state index in [0.717, 1.165) is 17.6 Å². The van der Waals surface area contributed by atoms with Crippen LogP contribution in [0.4, 0.5) is 4.39 Å². The first kappa shape index (κ1) is 15.4. The summed E-state index contributed by atoms with van der Waals surface area (Å²) < 4.78 is 13.4. The zero-order valence-corrected chi connectivity index (χ0v) is 12.7. The first-order valence-corrected chi connectivity index (χ1v) is 7.24. The van der Waals surface area contributed by atoms with Crippen LogP contribution in [0.3, 0.4) is 0 Å². The Kier molecular flexibility index (Phi) is 4.57. The molecule has 2 aromatic rings. The van der Waals surface area contributed by atoms with E-state index in [4.69, 9.17) is 5.11 Å². The van der Waals surface area contributed by atoms with Gasteiger partial charge >= 0.3 is 5.97 Å². The second kappa shape index (κ2) is 6.22. The zero-order chi connectivity index (χ0) is 15.6. The lowest BCUT2D eigenvalue weighted by atomic mass is 10.2. The van der Waals surface area contributed by atoms with Crippen molar-refractivity contribution in [3.05, 3.63) is 47.2 Å². The summed E-state index contributed by atoms with van der Waals surface area (Å²) in [4.78, 5) is 20.4. The number of carbonyl (C=O) groups is 1. The summed E-state index contributed by atoms with van der Waals surface area (Å²) in [7, 11) is 0. The Morgan fingerprint density at radius 1 is 1.29 bits per heavy atom. The number of hydrogen-bond acceptors (Lipinski definition) is 4. The highest BCUT2D eigenvalue weighted by atomic mass is 32.2. The van der Waals surface area contributed by atoms with Gasteiger partial charge in [-0.1, -0.05) is 25.6 Å². The smallest absolute Gasteiger partial charge is 0.338 e. The van der Waals surface area contributed by atoms with Crippen LogP contribution in [0.5, 0.6) is 0 Å². The van der Waals surface area contributed by atoms with Gasteiger partial charge in [0, 0.05) is 16.5 Å². The predicted octanol–water partition coefficient (Wildman–Crippen LogP) is 3.90. The molecule has 0 amide bonds. The molecule has 0 unspecified atom stereocenters. The topological polar surface area (TPSA) is 63.1 Å². The average molecular weight is 306 g/mol. The Balaban J connectivity index is 2.34. The highest BCUT2D eigenvalue weighted by Crippen LogP contribution is 2.28. The number of rotatable bonds is 4. The molecule has 1 aromatic carbocycles. The quantitative estimate of drug-likeness (QED) is 0.868. The number of carboxylic acids is 1. The number of aromatic nitrogens is 2. The van der Waals surface area contributed by atoms with E-state index in [1.807, 2.05) is 26.8 Å². The predicted molar refractivity (Wildman–Crippen MR) is 78.3 cm³/mol. The van der Waals surface area contributed by atoms with Crippen molar-refractivity contribution in [2.75, 3.05) is 0 Å². The van der Waals surface area contributed by atoms with E-state index in [1.54, 1.807) is 6.07 Å². The molecule has 1 N–H and O–H groups in total. The van der Waals surface area contributed by atoms with Gasteiger partial charge in [0.05, 0.1) is 5.56 Å². The zero-order valence-electron chi connectivity index (χ0n) is 11.9. The van der Waals surface area contributed by atoms with Gasteiger partial charge in [-0.2, -0.15) is 0 Å². The molecule has 1 aromatic heterocycles. The molecule has 0 fully saturated rings. The molecule has 0 bridgehead atoms. The summed E-state index contributed by atoms with van der Waals surface area (Å²) in [5.41, 5.74) is 0.506. The largest absolute Gasteiger partial charge is 0.478 e. The number of nitrogens with zero attached hydrogens (tertiary/aromatic N) is 2. The fourth-order valence-electron chi connectivity index (χ4n) is 1.72. The SMILES string of the molecule is Cc1cc(Sc2ccc(F)c(C(=O)O)c2)nc(C(C)C)n1. The monoisotopic (exact) mass is 306 g/mol. The minimum atomic E-state index is -1.28. The molecule has 1 heterocycles. The van der Waals surface area contributed by atoms with Crippen LogP contribution in [0.25, 0.3) is 0 Å². The summed E-state index contributed by atoms with van der Waals surface area (Å²) in [5.74, 6) is -1.09. The Morgan fingerprint density at radius 3 is 2.62 bits per heavy atom. The fraction of sp³-hybridized carbons (Fsp3) is 0.267. The van der Waals surface area contributed by atoms with Gasteiger partial charge in [0.2, 0.25) is 0 Å². The number of benzene rings is 1. The van der Waals surface area contributed by atoms with E-state index >= 15 is 0 Å². The maximum Gasteiger partial charge on any atom is 0.338 e. The number of aromatic carboxylic acids is 1. The Labute approximate surface area is 126 Å². The van der Waals surface area contributed by atoms with Gasteiger partial charge in [-0.3, -0.25) is 0 Å². The molecule has 0 aliphatic heterocycles. The molecule has 0 saturated carbocycles. The third kappa shape index (κ3) is 3.78.